The molecule has 0 fully saturated rings. The Morgan fingerprint density at radius 1 is 1.50 bits per heavy atom. The number of carboxylic acid groups (broad SMARTS) is 1. The molecule has 0 saturated heterocycles. The molecule has 2 rings (SSSR count). The monoisotopic (exact) mass is 270 g/mol. The maximum absolute atomic E-state index is 13.3. The molecule has 0 bridgehead atoms. The molecule has 0 aliphatic heterocycles. The van der Waals surface area contributed by atoms with Crippen molar-refractivity contribution in [2.75, 3.05) is 12.4 Å². The van der Waals surface area contributed by atoms with E-state index in [9.17, 15) is 14.0 Å². The number of nitrogens with one attached hydrogen (secondary N) is 1. The fraction of sp³-hybridized carbons (Fsp3) is 0.0909. The topological polar surface area (TPSA) is 70.8 Å². The van der Waals surface area contributed by atoms with Gasteiger partial charge in [0.1, 0.15) is 5.56 Å². The van der Waals surface area contributed by atoms with Crippen molar-refractivity contribution in [2.45, 2.75) is 0 Å². The van der Waals surface area contributed by atoms with Gasteiger partial charge in [-0.15, -0.1) is 0 Å². The summed E-state index contributed by atoms with van der Waals surface area (Å²) in [7, 11) is 1.56. The SMILES string of the molecule is CNc1cc(C(=O)O)c(=O)n2cc(F)c(Cl)cc12. The van der Waals surface area contributed by atoms with Crippen LogP contribution in [-0.2, 0) is 0 Å². The molecule has 0 radical (unpaired) electrons. The molecule has 0 aromatic carbocycles. The highest BCUT2D eigenvalue weighted by Gasteiger charge is 2.15. The molecule has 0 amide bonds. The molecule has 0 aliphatic carbocycles. The summed E-state index contributed by atoms with van der Waals surface area (Å²) in [6.45, 7) is 0. The van der Waals surface area contributed by atoms with Crippen molar-refractivity contribution >= 4 is 28.8 Å². The summed E-state index contributed by atoms with van der Waals surface area (Å²) in [5.74, 6) is -2.17. The van der Waals surface area contributed by atoms with Crippen LogP contribution in [0.5, 0.6) is 0 Å². The number of aromatic carboxylic acids is 1. The van der Waals surface area contributed by atoms with Crippen molar-refractivity contribution in [1.82, 2.24) is 4.40 Å². The minimum absolute atomic E-state index is 0.144. The molecule has 2 heterocycles. The van der Waals surface area contributed by atoms with E-state index in [4.69, 9.17) is 16.7 Å². The number of halogens is 2. The fourth-order valence-corrected chi connectivity index (χ4v) is 1.79. The third kappa shape index (κ3) is 1.80. The smallest absolute Gasteiger partial charge is 0.341 e. The summed E-state index contributed by atoms with van der Waals surface area (Å²) in [6, 6.07) is 2.45. The van der Waals surface area contributed by atoms with Crippen molar-refractivity contribution in [1.29, 1.82) is 0 Å². The van der Waals surface area contributed by atoms with E-state index in [1.54, 1.807) is 7.05 Å². The zero-order valence-corrected chi connectivity index (χ0v) is 9.95. The average Bonchev–Trinajstić information content (AvgIpc) is 2.32. The van der Waals surface area contributed by atoms with Gasteiger partial charge in [0.25, 0.3) is 5.56 Å². The highest BCUT2D eigenvalue weighted by Crippen LogP contribution is 2.22. The molecule has 7 heteroatoms. The first-order chi connectivity index (χ1) is 8.45. The number of hydrogen-bond acceptors (Lipinski definition) is 3. The van der Waals surface area contributed by atoms with Gasteiger partial charge in [-0.25, -0.2) is 9.18 Å². The normalized spacial score (nSPS) is 10.6. The van der Waals surface area contributed by atoms with E-state index < -0.39 is 22.9 Å². The van der Waals surface area contributed by atoms with Crippen molar-refractivity contribution in [3.05, 3.63) is 45.1 Å². The molecule has 0 saturated carbocycles. The molecule has 94 valence electrons. The largest absolute Gasteiger partial charge is 0.477 e. The van der Waals surface area contributed by atoms with Crippen LogP contribution in [0.1, 0.15) is 10.4 Å². The zero-order valence-electron chi connectivity index (χ0n) is 9.20. The van der Waals surface area contributed by atoms with Crippen molar-refractivity contribution in [2.24, 2.45) is 0 Å². The van der Waals surface area contributed by atoms with Crippen LogP contribution >= 0.6 is 11.6 Å². The van der Waals surface area contributed by atoms with Crippen LogP contribution < -0.4 is 10.9 Å². The number of hydrogen-bond donors (Lipinski definition) is 2. The number of nitrogens with zero attached hydrogens (tertiary/aromatic N) is 1. The molecule has 0 atom stereocenters. The molecule has 2 aromatic heterocycles. The maximum Gasteiger partial charge on any atom is 0.341 e. The van der Waals surface area contributed by atoms with Crippen LogP contribution in [0.2, 0.25) is 5.02 Å². The summed E-state index contributed by atoms with van der Waals surface area (Å²) in [5.41, 5.74) is -0.585. The average molecular weight is 271 g/mol. The van der Waals surface area contributed by atoms with Gasteiger partial charge in [-0.2, -0.15) is 0 Å². The standard InChI is InChI=1S/C11H8ClFN2O3/c1-14-8-2-5(11(17)18)10(16)15-4-7(13)6(12)3-9(8)15/h2-4,14H,1H3,(H,17,18). The second-order valence-corrected chi connectivity index (χ2v) is 3.96. The van der Waals surface area contributed by atoms with Crippen LogP contribution in [0.3, 0.4) is 0 Å². The second kappa shape index (κ2) is 4.30. The van der Waals surface area contributed by atoms with Gasteiger partial charge in [0.2, 0.25) is 0 Å². The zero-order chi connectivity index (χ0) is 13.4. The van der Waals surface area contributed by atoms with Crippen LogP contribution in [0.25, 0.3) is 5.52 Å². The van der Waals surface area contributed by atoms with Crippen molar-refractivity contribution in [3.8, 4) is 0 Å². The van der Waals surface area contributed by atoms with Crippen LogP contribution in [0, 0.1) is 5.82 Å². The van der Waals surface area contributed by atoms with Gasteiger partial charge in [0.05, 0.1) is 22.4 Å². The summed E-state index contributed by atoms with van der Waals surface area (Å²) < 4.78 is 14.3. The molecule has 18 heavy (non-hydrogen) atoms. The van der Waals surface area contributed by atoms with Gasteiger partial charge >= 0.3 is 5.97 Å². The fourth-order valence-electron chi connectivity index (χ4n) is 1.64. The van der Waals surface area contributed by atoms with E-state index in [0.29, 0.717) is 11.2 Å². The Hall–Kier alpha value is -2.08. The van der Waals surface area contributed by atoms with E-state index in [0.717, 1.165) is 10.6 Å². The van der Waals surface area contributed by atoms with Crippen LogP contribution in [0.4, 0.5) is 10.1 Å². The van der Waals surface area contributed by atoms with E-state index >= 15 is 0 Å². The quantitative estimate of drug-likeness (QED) is 0.873. The lowest BCUT2D eigenvalue weighted by molar-refractivity contribution is 0.0695. The minimum Gasteiger partial charge on any atom is -0.477 e. The number of aromatic nitrogens is 1. The highest BCUT2D eigenvalue weighted by atomic mass is 35.5. The Kier molecular flexibility index (Phi) is 2.96. The van der Waals surface area contributed by atoms with Gasteiger partial charge < -0.3 is 10.4 Å². The molecule has 2 aromatic rings. The second-order valence-electron chi connectivity index (χ2n) is 3.56. The lowest BCUT2D eigenvalue weighted by Gasteiger charge is -2.09. The molecular weight excluding hydrogens is 263 g/mol. The van der Waals surface area contributed by atoms with E-state index in [1.807, 2.05) is 0 Å². The Morgan fingerprint density at radius 2 is 2.17 bits per heavy atom. The van der Waals surface area contributed by atoms with Gasteiger partial charge in [-0.3, -0.25) is 9.20 Å². The van der Waals surface area contributed by atoms with Crippen LogP contribution in [-0.4, -0.2) is 22.5 Å². The lowest BCUT2D eigenvalue weighted by atomic mass is 10.2. The Balaban J connectivity index is 2.99. The minimum atomic E-state index is -1.37. The predicted molar refractivity (Wildman–Crippen MR) is 65.1 cm³/mol. The predicted octanol–water partition coefficient (Wildman–Crippen LogP) is 1.83. The Bertz CT molecular complexity index is 711. The van der Waals surface area contributed by atoms with Gasteiger partial charge in [-0.05, 0) is 12.1 Å². The van der Waals surface area contributed by atoms with Gasteiger partial charge in [0, 0.05) is 7.05 Å². The van der Waals surface area contributed by atoms with E-state index in [2.05, 4.69) is 5.32 Å². The van der Waals surface area contributed by atoms with E-state index in [-0.39, 0.29) is 5.02 Å². The molecular formula is C11H8ClFN2O3. The summed E-state index contributed by atoms with van der Waals surface area (Å²) >= 11 is 5.64. The molecule has 2 N–H and O–H groups in total. The number of rotatable bonds is 2. The number of fused-ring (bicyclic) bond motifs is 1. The first-order valence-corrected chi connectivity index (χ1v) is 5.29. The summed E-state index contributed by atoms with van der Waals surface area (Å²) in [4.78, 5) is 22.8. The number of anilines is 1. The van der Waals surface area contributed by atoms with Gasteiger partial charge in [-0.1, -0.05) is 11.6 Å². The van der Waals surface area contributed by atoms with Crippen molar-refractivity contribution < 1.29 is 14.3 Å². The summed E-state index contributed by atoms with van der Waals surface area (Å²) in [6.07, 6.45) is 0.868. The molecule has 0 spiro atoms. The van der Waals surface area contributed by atoms with Gasteiger partial charge in [0.15, 0.2) is 5.82 Å². The molecule has 5 nitrogen and oxygen atoms in total. The number of pyridine rings is 2. The van der Waals surface area contributed by atoms with Crippen LogP contribution in [0.15, 0.2) is 23.1 Å². The number of carboxylic acids is 1. The number of carbonyl (C=O) groups is 1. The Labute approximate surface area is 105 Å². The molecule has 0 unspecified atom stereocenters. The van der Waals surface area contributed by atoms with E-state index in [1.165, 1.54) is 12.1 Å². The highest BCUT2D eigenvalue weighted by molar-refractivity contribution is 6.31. The van der Waals surface area contributed by atoms with Crippen molar-refractivity contribution in [3.63, 3.8) is 0 Å². The Morgan fingerprint density at radius 3 is 2.72 bits per heavy atom. The summed E-state index contributed by atoms with van der Waals surface area (Å²) in [5, 5.41) is 11.5. The lowest BCUT2D eigenvalue weighted by Crippen LogP contribution is -2.23. The first-order valence-electron chi connectivity index (χ1n) is 4.91. The third-order valence-electron chi connectivity index (χ3n) is 2.51. The first kappa shape index (κ1) is 12.4. The third-order valence-corrected chi connectivity index (χ3v) is 2.80. The molecule has 0 aliphatic rings. The maximum atomic E-state index is 13.3.